The highest BCUT2D eigenvalue weighted by atomic mass is 16.2. The third kappa shape index (κ3) is 3.91. The van der Waals surface area contributed by atoms with Crippen molar-refractivity contribution in [2.45, 2.75) is 39.5 Å². The van der Waals surface area contributed by atoms with E-state index < -0.39 is 0 Å². The summed E-state index contributed by atoms with van der Waals surface area (Å²) >= 11 is 0. The molecule has 0 saturated carbocycles. The normalized spacial score (nSPS) is 12.4. The van der Waals surface area contributed by atoms with Gasteiger partial charge in [-0.2, -0.15) is 0 Å². The van der Waals surface area contributed by atoms with Crippen molar-refractivity contribution >= 4 is 11.7 Å². The predicted octanol–water partition coefficient (Wildman–Crippen LogP) is 3.95. The van der Waals surface area contributed by atoms with Crippen LogP contribution in [0.3, 0.4) is 0 Å². The third-order valence-electron chi connectivity index (χ3n) is 3.61. The van der Waals surface area contributed by atoms with Gasteiger partial charge in [-0.25, -0.2) is 4.98 Å². The minimum Gasteiger partial charge on any atom is -0.294 e. The molecular formula is C18H22N2O2. The van der Waals surface area contributed by atoms with Crippen LogP contribution in [-0.2, 0) is 0 Å². The van der Waals surface area contributed by atoms with Crippen molar-refractivity contribution in [3.05, 3.63) is 54.1 Å². The second kappa shape index (κ2) is 7.16. The molecule has 0 spiro atoms. The Bertz CT molecular complexity index is 644. The third-order valence-corrected chi connectivity index (χ3v) is 3.61. The van der Waals surface area contributed by atoms with Crippen molar-refractivity contribution in [2.24, 2.45) is 5.92 Å². The first-order chi connectivity index (χ1) is 10.5. The van der Waals surface area contributed by atoms with Gasteiger partial charge in [0, 0.05) is 36.7 Å². The van der Waals surface area contributed by atoms with E-state index in [0.717, 1.165) is 5.82 Å². The van der Waals surface area contributed by atoms with Crippen LogP contribution in [0, 0.1) is 5.92 Å². The maximum absolute atomic E-state index is 12.4. The summed E-state index contributed by atoms with van der Waals surface area (Å²) in [5.74, 6) is 1.04. The quantitative estimate of drug-likeness (QED) is 0.759. The molecule has 1 atom stereocenters. The standard InChI is InChI=1S/C18H22N2O2/c1-13(2)18-19-9-10-20(18)17(22)12-14(3)11-16(21)15-7-5-4-6-8-15/h4-10,13-14H,11-12H2,1-3H3/t14-/m1/s1. The van der Waals surface area contributed by atoms with E-state index in [1.165, 1.54) is 0 Å². The van der Waals surface area contributed by atoms with Gasteiger partial charge in [-0.15, -0.1) is 0 Å². The molecule has 1 aromatic heterocycles. The topological polar surface area (TPSA) is 52.0 Å². The Kier molecular flexibility index (Phi) is 5.26. The van der Waals surface area contributed by atoms with Gasteiger partial charge in [-0.1, -0.05) is 51.1 Å². The summed E-state index contributed by atoms with van der Waals surface area (Å²) in [5.41, 5.74) is 0.701. The van der Waals surface area contributed by atoms with Gasteiger partial charge in [0.05, 0.1) is 0 Å². The Balaban J connectivity index is 1.97. The van der Waals surface area contributed by atoms with Crippen LogP contribution >= 0.6 is 0 Å². The summed E-state index contributed by atoms with van der Waals surface area (Å²) in [6.45, 7) is 5.95. The zero-order valence-electron chi connectivity index (χ0n) is 13.3. The molecule has 0 aliphatic rings. The van der Waals surface area contributed by atoms with Crippen LogP contribution in [0.4, 0.5) is 0 Å². The van der Waals surface area contributed by atoms with E-state index in [-0.39, 0.29) is 23.5 Å². The van der Waals surface area contributed by atoms with Crippen molar-refractivity contribution in [3.8, 4) is 0 Å². The van der Waals surface area contributed by atoms with Crippen LogP contribution in [0.2, 0.25) is 0 Å². The van der Waals surface area contributed by atoms with Gasteiger partial charge in [-0.3, -0.25) is 14.2 Å². The number of Topliss-reactive ketones (excluding diaryl/α,β-unsaturated/α-hetero) is 1. The van der Waals surface area contributed by atoms with Crippen LogP contribution in [0.25, 0.3) is 0 Å². The highest BCUT2D eigenvalue weighted by Gasteiger charge is 2.18. The zero-order valence-corrected chi connectivity index (χ0v) is 13.3. The lowest BCUT2D eigenvalue weighted by Gasteiger charge is -2.13. The number of aromatic nitrogens is 2. The molecule has 4 heteroatoms. The predicted molar refractivity (Wildman–Crippen MR) is 86.1 cm³/mol. The lowest BCUT2D eigenvalue weighted by Crippen LogP contribution is -2.18. The van der Waals surface area contributed by atoms with Crippen molar-refractivity contribution < 1.29 is 9.59 Å². The first kappa shape index (κ1) is 16.1. The maximum atomic E-state index is 12.4. The van der Waals surface area contributed by atoms with Crippen LogP contribution < -0.4 is 0 Å². The van der Waals surface area contributed by atoms with Crippen LogP contribution in [0.1, 0.15) is 60.5 Å². The number of benzene rings is 1. The van der Waals surface area contributed by atoms with Gasteiger partial charge < -0.3 is 0 Å². The summed E-state index contributed by atoms with van der Waals surface area (Å²) in [6, 6.07) is 9.20. The molecule has 0 unspecified atom stereocenters. The summed E-state index contributed by atoms with van der Waals surface area (Å²) in [7, 11) is 0. The SMILES string of the molecule is CC(C)c1nccn1C(=O)C[C@H](C)CC(=O)c1ccccc1. The van der Waals surface area contributed by atoms with Gasteiger partial charge in [0.1, 0.15) is 5.82 Å². The van der Waals surface area contributed by atoms with Gasteiger partial charge >= 0.3 is 0 Å². The van der Waals surface area contributed by atoms with Crippen LogP contribution in [0.5, 0.6) is 0 Å². The Hall–Kier alpha value is -2.23. The maximum Gasteiger partial charge on any atom is 0.232 e. The van der Waals surface area contributed by atoms with E-state index in [2.05, 4.69) is 4.98 Å². The van der Waals surface area contributed by atoms with Gasteiger partial charge in [0.15, 0.2) is 5.78 Å². The van der Waals surface area contributed by atoms with E-state index in [4.69, 9.17) is 0 Å². The Morgan fingerprint density at radius 2 is 1.77 bits per heavy atom. The Morgan fingerprint density at radius 3 is 2.41 bits per heavy atom. The molecule has 1 aromatic carbocycles. The number of rotatable bonds is 6. The highest BCUT2D eigenvalue weighted by molar-refractivity contribution is 5.96. The second-order valence-electron chi connectivity index (χ2n) is 6.01. The van der Waals surface area contributed by atoms with E-state index in [0.29, 0.717) is 18.4 Å². The monoisotopic (exact) mass is 298 g/mol. The fourth-order valence-corrected chi connectivity index (χ4v) is 2.48. The van der Waals surface area contributed by atoms with Crippen LogP contribution in [-0.4, -0.2) is 21.2 Å². The molecule has 0 N–H and O–H groups in total. The van der Waals surface area contributed by atoms with E-state index in [1.54, 1.807) is 17.0 Å². The molecule has 4 nitrogen and oxygen atoms in total. The molecule has 0 bridgehead atoms. The number of imidazole rings is 1. The van der Waals surface area contributed by atoms with Crippen LogP contribution in [0.15, 0.2) is 42.7 Å². The highest BCUT2D eigenvalue weighted by Crippen LogP contribution is 2.17. The van der Waals surface area contributed by atoms with Gasteiger partial charge in [-0.05, 0) is 5.92 Å². The zero-order chi connectivity index (χ0) is 16.1. The molecule has 0 aliphatic carbocycles. The molecule has 0 amide bonds. The lowest BCUT2D eigenvalue weighted by atomic mass is 9.97. The first-order valence-corrected chi connectivity index (χ1v) is 7.63. The first-order valence-electron chi connectivity index (χ1n) is 7.63. The Labute approximate surface area is 131 Å². The van der Waals surface area contributed by atoms with Crippen molar-refractivity contribution in [1.82, 2.24) is 9.55 Å². The van der Waals surface area contributed by atoms with Gasteiger partial charge in [0.2, 0.25) is 5.91 Å². The average molecular weight is 298 g/mol. The fraction of sp³-hybridized carbons (Fsp3) is 0.389. The van der Waals surface area contributed by atoms with E-state index in [1.807, 2.05) is 51.1 Å². The van der Waals surface area contributed by atoms with E-state index >= 15 is 0 Å². The Morgan fingerprint density at radius 1 is 1.09 bits per heavy atom. The second-order valence-corrected chi connectivity index (χ2v) is 6.01. The van der Waals surface area contributed by atoms with Gasteiger partial charge in [0.25, 0.3) is 0 Å². The minimum atomic E-state index is -0.00504. The molecule has 2 rings (SSSR count). The number of carbonyl (C=O) groups is 2. The molecule has 1 heterocycles. The lowest BCUT2D eigenvalue weighted by molar-refractivity contribution is 0.0864. The number of carbonyl (C=O) groups excluding carboxylic acids is 2. The van der Waals surface area contributed by atoms with Crippen molar-refractivity contribution in [3.63, 3.8) is 0 Å². The molecule has 0 radical (unpaired) electrons. The number of nitrogens with zero attached hydrogens (tertiary/aromatic N) is 2. The molecule has 0 fully saturated rings. The summed E-state index contributed by atoms with van der Waals surface area (Å²) in [5, 5.41) is 0. The molecule has 2 aromatic rings. The average Bonchev–Trinajstić information content (AvgIpc) is 2.97. The minimum absolute atomic E-state index is 0.00242. The van der Waals surface area contributed by atoms with Crippen molar-refractivity contribution in [2.75, 3.05) is 0 Å². The molecule has 22 heavy (non-hydrogen) atoms. The fourth-order valence-electron chi connectivity index (χ4n) is 2.48. The van der Waals surface area contributed by atoms with Crippen molar-refractivity contribution in [1.29, 1.82) is 0 Å². The molecule has 116 valence electrons. The summed E-state index contributed by atoms with van der Waals surface area (Å²) in [4.78, 5) is 28.8. The number of hydrogen-bond donors (Lipinski definition) is 0. The largest absolute Gasteiger partial charge is 0.294 e. The molecule has 0 aliphatic heterocycles. The number of ketones is 1. The summed E-state index contributed by atoms with van der Waals surface area (Å²) in [6.07, 6.45) is 4.06. The smallest absolute Gasteiger partial charge is 0.232 e. The molecule has 0 saturated heterocycles. The summed E-state index contributed by atoms with van der Waals surface area (Å²) < 4.78 is 1.61. The molecular weight excluding hydrogens is 276 g/mol. The van der Waals surface area contributed by atoms with E-state index in [9.17, 15) is 9.59 Å². The number of hydrogen-bond acceptors (Lipinski definition) is 3.